The van der Waals surface area contributed by atoms with Gasteiger partial charge in [-0.05, 0) is 44.2 Å². The summed E-state index contributed by atoms with van der Waals surface area (Å²) >= 11 is 0. The molecule has 0 unspecified atom stereocenters. The molecule has 0 bridgehead atoms. The van der Waals surface area contributed by atoms with Gasteiger partial charge in [0.1, 0.15) is 5.69 Å². The third kappa shape index (κ3) is 7.33. The molecule has 5 rings (SSSR count). The molecule has 1 aliphatic rings. The van der Waals surface area contributed by atoms with Gasteiger partial charge in [-0.15, -0.1) is 0 Å². The van der Waals surface area contributed by atoms with Gasteiger partial charge in [0.25, 0.3) is 20.2 Å². The van der Waals surface area contributed by atoms with Gasteiger partial charge in [0, 0.05) is 32.4 Å². The SMILES string of the molecule is CCn1c(-c2cc(C)n(C)n2)nc2c1CNC2.O=S(=O)(O)c1ccccc1.O=S(=O)(O)c1ccccc1. The van der Waals surface area contributed by atoms with Crippen molar-refractivity contribution in [2.45, 2.75) is 43.3 Å². The number of imidazole rings is 1. The van der Waals surface area contributed by atoms with Crippen LogP contribution >= 0.6 is 0 Å². The molecule has 0 atom stereocenters. The highest BCUT2D eigenvalue weighted by atomic mass is 32.2. The Balaban J connectivity index is 0.000000165. The lowest BCUT2D eigenvalue weighted by Crippen LogP contribution is -2.08. The summed E-state index contributed by atoms with van der Waals surface area (Å²) < 4.78 is 62.6. The van der Waals surface area contributed by atoms with Crippen LogP contribution in [0.15, 0.2) is 76.5 Å². The minimum Gasteiger partial charge on any atom is -0.325 e. The van der Waals surface area contributed by atoms with E-state index in [-0.39, 0.29) is 9.79 Å². The predicted octanol–water partition coefficient (Wildman–Crippen LogP) is 3.08. The summed E-state index contributed by atoms with van der Waals surface area (Å²) in [5, 5.41) is 7.84. The van der Waals surface area contributed by atoms with E-state index in [1.807, 2.05) is 11.7 Å². The average molecular weight is 548 g/mol. The standard InChI is InChI=1S/C12H17N5.2C6H6O3S/c1-4-17-11-7-13-6-10(11)14-12(17)9-5-8(2)16(3)15-9;2*7-10(8,9)6-4-2-1-3-5-6/h5,13H,4,6-7H2,1-3H3;2*1-5H,(H,7,8,9). The van der Waals surface area contributed by atoms with Crippen LogP contribution in [0, 0.1) is 6.92 Å². The number of hydrogen-bond donors (Lipinski definition) is 3. The Hall–Kier alpha value is -3.36. The molecule has 4 aromatic rings. The van der Waals surface area contributed by atoms with Crippen molar-refractivity contribution in [2.75, 3.05) is 0 Å². The summed E-state index contributed by atoms with van der Waals surface area (Å²) in [5.41, 5.74) is 4.61. The Morgan fingerprint density at radius 1 is 0.892 bits per heavy atom. The van der Waals surface area contributed by atoms with E-state index in [1.165, 1.54) is 35.7 Å². The number of nitrogens with one attached hydrogen (secondary N) is 1. The lowest BCUT2D eigenvalue weighted by atomic mass is 10.3. The number of rotatable bonds is 4. The van der Waals surface area contributed by atoms with Gasteiger partial charge in [0.2, 0.25) is 0 Å². The monoisotopic (exact) mass is 547 g/mol. The molecule has 1 aliphatic heterocycles. The summed E-state index contributed by atoms with van der Waals surface area (Å²) in [6, 6.07) is 16.9. The van der Waals surface area contributed by atoms with E-state index in [1.54, 1.807) is 36.4 Å². The third-order valence-electron chi connectivity index (χ3n) is 5.48. The number of hydrogen-bond acceptors (Lipinski definition) is 7. The van der Waals surface area contributed by atoms with Crippen molar-refractivity contribution in [2.24, 2.45) is 7.05 Å². The molecule has 3 N–H and O–H groups in total. The second-order valence-corrected chi connectivity index (χ2v) is 10.9. The molecule has 198 valence electrons. The number of aryl methyl sites for hydroxylation is 2. The second-order valence-electron chi connectivity index (χ2n) is 8.05. The van der Waals surface area contributed by atoms with E-state index < -0.39 is 20.2 Å². The van der Waals surface area contributed by atoms with Crippen LogP contribution in [-0.4, -0.2) is 45.3 Å². The average Bonchev–Trinajstić information content (AvgIpc) is 3.54. The minimum absolute atomic E-state index is 0.0741. The molecule has 3 heterocycles. The van der Waals surface area contributed by atoms with E-state index in [2.05, 4.69) is 34.9 Å². The smallest absolute Gasteiger partial charge is 0.294 e. The number of nitrogens with zero attached hydrogens (tertiary/aromatic N) is 4. The van der Waals surface area contributed by atoms with Crippen LogP contribution in [0.3, 0.4) is 0 Å². The Labute approximate surface area is 216 Å². The fourth-order valence-electron chi connectivity index (χ4n) is 3.57. The maximum atomic E-state index is 10.4. The predicted molar refractivity (Wildman–Crippen MR) is 138 cm³/mol. The van der Waals surface area contributed by atoms with Gasteiger partial charge < -0.3 is 9.88 Å². The Morgan fingerprint density at radius 3 is 1.78 bits per heavy atom. The molecule has 0 radical (unpaired) electrons. The van der Waals surface area contributed by atoms with Crippen LogP contribution in [0.2, 0.25) is 0 Å². The van der Waals surface area contributed by atoms with Crippen molar-refractivity contribution in [3.63, 3.8) is 0 Å². The first-order valence-electron chi connectivity index (χ1n) is 11.3. The highest BCUT2D eigenvalue weighted by molar-refractivity contribution is 7.86. The van der Waals surface area contributed by atoms with Crippen LogP contribution in [0.4, 0.5) is 0 Å². The lowest BCUT2D eigenvalue weighted by molar-refractivity contribution is 0.481. The molecule has 0 spiro atoms. The third-order valence-corrected chi connectivity index (χ3v) is 7.22. The Bertz CT molecular complexity index is 1460. The fourth-order valence-corrected chi connectivity index (χ4v) is 4.57. The molecule has 0 saturated carbocycles. The molecule has 0 saturated heterocycles. The van der Waals surface area contributed by atoms with Crippen LogP contribution in [0.5, 0.6) is 0 Å². The first kappa shape index (κ1) is 28.2. The van der Waals surface area contributed by atoms with Crippen molar-refractivity contribution < 1.29 is 25.9 Å². The van der Waals surface area contributed by atoms with Crippen molar-refractivity contribution >= 4 is 20.2 Å². The van der Waals surface area contributed by atoms with Crippen molar-refractivity contribution in [3.8, 4) is 11.5 Å². The highest BCUT2D eigenvalue weighted by Gasteiger charge is 2.22. The Morgan fingerprint density at radius 2 is 1.41 bits per heavy atom. The van der Waals surface area contributed by atoms with Gasteiger partial charge in [-0.25, -0.2) is 4.98 Å². The van der Waals surface area contributed by atoms with E-state index in [4.69, 9.17) is 14.1 Å². The van der Waals surface area contributed by atoms with Crippen molar-refractivity contribution in [1.82, 2.24) is 24.6 Å². The first-order valence-corrected chi connectivity index (χ1v) is 14.1. The molecular formula is C24H29N5O6S2. The van der Waals surface area contributed by atoms with Gasteiger partial charge in [0.15, 0.2) is 5.82 Å². The first-order chi connectivity index (χ1) is 17.4. The van der Waals surface area contributed by atoms with Crippen molar-refractivity contribution in [1.29, 1.82) is 0 Å². The molecule has 2 aromatic heterocycles. The van der Waals surface area contributed by atoms with E-state index in [0.717, 1.165) is 36.8 Å². The van der Waals surface area contributed by atoms with E-state index >= 15 is 0 Å². The van der Waals surface area contributed by atoms with Gasteiger partial charge in [-0.3, -0.25) is 13.8 Å². The van der Waals surface area contributed by atoms with Crippen LogP contribution in [0.1, 0.15) is 24.0 Å². The molecular weight excluding hydrogens is 518 g/mol. The number of benzene rings is 2. The highest BCUT2D eigenvalue weighted by Crippen LogP contribution is 2.24. The zero-order valence-electron chi connectivity index (χ0n) is 20.6. The lowest BCUT2D eigenvalue weighted by Gasteiger charge is -2.05. The molecule has 37 heavy (non-hydrogen) atoms. The summed E-state index contributed by atoms with van der Waals surface area (Å²) in [6.45, 7) is 6.95. The van der Waals surface area contributed by atoms with Gasteiger partial charge in [0.05, 0.1) is 21.2 Å². The molecule has 13 heteroatoms. The van der Waals surface area contributed by atoms with Crippen molar-refractivity contribution in [3.05, 3.63) is 83.8 Å². The number of fused-ring (bicyclic) bond motifs is 1. The normalized spacial score (nSPS) is 12.7. The van der Waals surface area contributed by atoms with Gasteiger partial charge in [-0.1, -0.05) is 36.4 Å². The van der Waals surface area contributed by atoms with Gasteiger partial charge >= 0.3 is 0 Å². The molecule has 0 fully saturated rings. The molecule has 0 amide bonds. The van der Waals surface area contributed by atoms with Crippen LogP contribution in [-0.2, 0) is 46.9 Å². The van der Waals surface area contributed by atoms with E-state index in [0.29, 0.717) is 0 Å². The second kappa shape index (κ2) is 11.8. The Kier molecular flexibility index (Phi) is 8.99. The summed E-state index contributed by atoms with van der Waals surface area (Å²) in [4.78, 5) is 4.56. The van der Waals surface area contributed by atoms with Crippen LogP contribution < -0.4 is 5.32 Å². The summed E-state index contributed by atoms with van der Waals surface area (Å²) in [5.74, 6) is 1.00. The summed E-state index contributed by atoms with van der Waals surface area (Å²) in [6.07, 6.45) is 0. The molecule has 2 aromatic carbocycles. The minimum atomic E-state index is -4.00. The maximum Gasteiger partial charge on any atom is 0.294 e. The van der Waals surface area contributed by atoms with Crippen LogP contribution in [0.25, 0.3) is 11.5 Å². The zero-order chi connectivity index (χ0) is 27.2. The topological polar surface area (TPSA) is 156 Å². The zero-order valence-corrected chi connectivity index (χ0v) is 22.2. The summed E-state index contributed by atoms with van der Waals surface area (Å²) in [7, 11) is -6.04. The largest absolute Gasteiger partial charge is 0.325 e. The fraction of sp³-hybridized carbons (Fsp3) is 0.250. The van der Waals surface area contributed by atoms with E-state index in [9.17, 15) is 16.8 Å². The van der Waals surface area contributed by atoms with Gasteiger partial charge in [-0.2, -0.15) is 21.9 Å². The molecule has 11 nitrogen and oxygen atoms in total. The maximum absolute atomic E-state index is 10.4. The number of aromatic nitrogens is 4. The quantitative estimate of drug-likeness (QED) is 0.327. The molecule has 0 aliphatic carbocycles.